The minimum atomic E-state index is -0.427. The summed E-state index contributed by atoms with van der Waals surface area (Å²) in [4.78, 5) is 13.9. The molecule has 162 valence electrons. The Morgan fingerprint density at radius 2 is 1.61 bits per heavy atom. The third-order valence-electron chi connectivity index (χ3n) is 4.07. The predicted octanol–water partition coefficient (Wildman–Crippen LogP) is 7.71. The number of ether oxygens (including phenoxy) is 1. The van der Waals surface area contributed by atoms with Crippen LogP contribution in [-0.4, -0.2) is 29.7 Å². The van der Waals surface area contributed by atoms with Gasteiger partial charge >= 0.3 is 6.09 Å². The molecule has 1 aliphatic rings. The topological polar surface area (TPSA) is 29.5 Å². The maximum absolute atomic E-state index is 12.0. The first-order valence-electron chi connectivity index (χ1n) is 10.9. The third-order valence-corrected chi connectivity index (χ3v) is 4.07. The highest BCUT2D eigenvalue weighted by molar-refractivity contribution is 5.68. The van der Waals surface area contributed by atoms with Crippen molar-refractivity contribution in [3.05, 3.63) is 49.1 Å². The molecule has 0 N–H and O–H groups in total. The van der Waals surface area contributed by atoms with Crippen LogP contribution in [0.4, 0.5) is 4.79 Å². The molecular formula is C25H45NO2. The van der Waals surface area contributed by atoms with Crippen molar-refractivity contribution in [1.29, 1.82) is 0 Å². The summed E-state index contributed by atoms with van der Waals surface area (Å²) < 4.78 is 5.43. The molecule has 3 heteroatoms. The average Bonchev–Trinajstić information content (AvgIpc) is 2.67. The molecule has 0 unspecified atom stereocenters. The second-order valence-corrected chi connectivity index (χ2v) is 7.69. The lowest BCUT2D eigenvalue weighted by Crippen LogP contribution is -2.41. The molecule has 0 bridgehead atoms. The molecule has 0 radical (unpaired) electrons. The van der Waals surface area contributed by atoms with E-state index in [0.29, 0.717) is 5.92 Å². The summed E-state index contributed by atoms with van der Waals surface area (Å²) in [5, 5.41) is 0. The number of nitrogens with zero attached hydrogens (tertiary/aromatic N) is 1. The van der Waals surface area contributed by atoms with Crippen molar-refractivity contribution in [3.63, 3.8) is 0 Å². The van der Waals surface area contributed by atoms with E-state index in [1.165, 1.54) is 18.4 Å². The quantitative estimate of drug-likeness (QED) is 0.434. The molecule has 1 fully saturated rings. The zero-order chi connectivity index (χ0) is 22.0. The minimum Gasteiger partial charge on any atom is -0.444 e. The number of hydrogen-bond donors (Lipinski definition) is 0. The lowest BCUT2D eigenvalue weighted by molar-refractivity contribution is 0.0184. The van der Waals surface area contributed by atoms with Crippen molar-refractivity contribution in [2.45, 2.75) is 86.2 Å². The molecule has 28 heavy (non-hydrogen) atoms. The van der Waals surface area contributed by atoms with Crippen LogP contribution in [0.15, 0.2) is 49.1 Å². The summed E-state index contributed by atoms with van der Waals surface area (Å²) in [6.07, 6.45) is 15.1. The van der Waals surface area contributed by atoms with Crippen molar-refractivity contribution < 1.29 is 9.53 Å². The standard InChI is InChI=1S/C19H29NO2.C4H10.C2H6/c1-6-8-10-16(9-7-2)15-17-11-13-20(14-12-17)18(21)22-19(3,4)5;1-3-4-2;1-2/h6-10,17H,1-2,11-15H2,3-5H3;3-4H2,1-2H3;1-2H3/b10-8-,16-9+;;. The molecule has 0 saturated carbocycles. The Balaban J connectivity index is 0. The molecule has 1 aliphatic heterocycles. The molecule has 3 nitrogen and oxygen atoms in total. The Bertz CT molecular complexity index is 473. The Kier molecular flexibility index (Phi) is 17.6. The van der Waals surface area contributed by atoms with Crippen molar-refractivity contribution in [2.75, 3.05) is 13.1 Å². The van der Waals surface area contributed by atoms with Gasteiger partial charge in [-0.2, -0.15) is 0 Å². The molecule has 0 aromatic rings. The molecule has 1 saturated heterocycles. The van der Waals surface area contributed by atoms with Crippen LogP contribution in [0.1, 0.15) is 80.6 Å². The van der Waals surface area contributed by atoms with Gasteiger partial charge in [-0.3, -0.25) is 0 Å². The largest absolute Gasteiger partial charge is 0.444 e. The number of carbonyl (C=O) groups is 1. The molecule has 0 aromatic heterocycles. The van der Waals surface area contributed by atoms with Crippen LogP contribution >= 0.6 is 0 Å². The second-order valence-electron chi connectivity index (χ2n) is 7.69. The second kappa shape index (κ2) is 17.3. The monoisotopic (exact) mass is 391 g/mol. The summed E-state index contributed by atoms with van der Waals surface area (Å²) in [5.74, 6) is 0.597. The van der Waals surface area contributed by atoms with Gasteiger partial charge in [-0.25, -0.2) is 4.79 Å². The Morgan fingerprint density at radius 3 is 2.00 bits per heavy atom. The van der Waals surface area contributed by atoms with Crippen molar-refractivity contribution in [3.8, 4) is 0 Å². The Morgan fingerprint density at radius 1 is 1.07 bits per heavy atom. The number of carbonyl (C=O) groups excluding carboxylic acids is 1. The van der Waals surface area contributed by atoms with Crippen LogP contribution < -0.4 is 0 Å². The van der Waals surface area contributed by atoms with E-state index in [-0.39, 0.29) is 6.09 Å². The summed E-state index contributed by atoms with van der Waals surface area (Å²) in [6, 6.07) is 0. The SMILES string of the molecule is C=C/C=C\C(=C/C=C)CC1CCN(C(=O)OC(C)(C)C)CC1.CC.CCCC. The highest BCUT2D eigenvalue weighted by atomic mass is 16.6. The summed E-state index contributed by atoms with van der Waals surface area (Å²) >= 11 is 0. The van der Waals surface area contributed by atoms with E-state index in [2.05, 4.69) is 33.1 Å². The number of amides is 1. The molecule has 1 amide bonds. The minimum absolute atomic E-state index is 0.195. The number of piperidine rings is 1. The van der Waals surface area contributed by atoms with Crippen LogP contribution in [-0.2, 0) is 4.74 Å². The first-order chi connectivity index (χ1) is 13.3. The Labute approximate surface area is 175 Å². The number of allylic oxidation sites excluding steroid dienone is 6. The maximum Gasteiger partial charge on any atom is 0.410 e. The molecular weight excluding hydrogens is 346 g/mol. The van der Waals surface area contributed by atoms with Gasteiger partial charge in [0.15, 0.2) is 0 Å². The summed E-state index contributed by atoms with van der Waals surface area (Å²) in [6.45, 7) is 23.1. The smallest absolute Gasteiger partial charge is 0.410 e. The predicted molar refractivity (Wildman–Crippen MR) is 125 cm³/mol. The number of hydrogen-bond acceptors (Lipinski definition) is 2. The molecule has 0 aromatic carbocycles. The number of rotatable bonds is 6. The van der Waals surface area contributed by atoms with Crippen LogP contribution in [0.5, 0.6) is 0 Å². The van der Waals surface area contributed by atoms with Gasteiger partial charge in [0.1, 0.15) is 5.60 Å². The van der Waals surface area contributed by atoms with Gasteiger partial charge in [-0.1, -0.05) is 84.1 Å². The first kappa shape index (κ1) is 28.4. The summed E-state index contributed by atoms with van der Waals surface area (Å²) in [5.41, 5.74) is 0.828. The van der Waals surface area contributed by atoms with Gasteiger partial charge in [0.25, 0.3) is 0 Å². The van der Waals surface area contributed by atoms with E-state index in [9.17, 15) is 4.79 Å². The van der Waals surface area contributed by atoms with Crippen molar-refractivity contribution >= 4 is 6.09 Å². The molecule has 0 aliphatic carbocycles. The lowest BCUT2D eigenvalue weighted by Gasteiger charge is -2.33. The van der Waals surface area contributed by atoms with Crippen LogP contribution in [0.3, 0.4) is 0 Å². The Hall–Kier alpha value is -1.77. The number of unbranched alkanes of at least 4 members (excludes halogenated alkanes) is 1. The fraction of sp³-hybridized carbons (Fsp3) is 0.640. The zero-order valence-corrected chi connectivity index (χ0v) is 19.6. The van der Waals surface area contributed by atoms with E-state index >= 15 is 0 Å². The van der Waals surface area contributed by atoms with E-state index in [0.717, 1.165) is 32.4 Å². The van der Waals surface area contributed by atoms with Gasteiger partial charge in [0.05, 0.1) is 0 Å². The lowest BCUT2D eigenvalue weighted by atomic mass is 9.90. The van der Waals surface area contributed by atoms with Gasteiger partial charge in [0, 0.05) is 13.1 Å². The van der Waals surface area contributed by atoms with Gasteiger partial charge in [-0.05, 0) is 51.5 Å². The average molecular weight is 392 g/mol. The van der Waals surface area contributed by atoms with Crippen LogP contribution in [0.2, 0.25) is 0 Å². The molecule has 0 spiro atoms. The van der Waals surface area contributed by atoms with Gasteiger partial charge in [-0.15, -0.1) is 0 Å². The van der Waals surface area contributed by atoms with Crippen molar-refractivity contribution in [1.82, 2.24) is 4.90 Å². The van der Waals surface area contributed by atoms with E-state index < -0.39 is 5.60 Å². The summed E-state index contributed by atoms with van der Waals surface area (Å²) in [7, 11) is 0. The fourth-order valence-electron chi connectivity index (χ4n) is 2.51. The highest BCUT2D eigenvalue weighted by Gasteiger charge is 2.26. The normalized spacial score (nSPS) is 15.1. The molecule has 1 rings (SSSR count). The molecule has 0 atom stereocenters. The van der Waals surface area contributed by atoms with Gasteiger partial charge in [0.2, 0.25) is 0 Å². The van der Waals surface area contributed by atoms with E-state index in [1.807, 2.05) is 57.7 Å². The highest BCUT2D eigenvalue weighted by Crippen LogP contribution is 2.25. The third kappa shape index (κ3) is 15.3. The molecule has 1 heterocycles. The zero-order valence-electron chi connectivity index (χ0n) is 19.6. The van der Waals surface area contributed by atoms with E-state index in [1.54, 1.807) is 6.08 Å². The van der Waals surface area contributed by atoms with Gasteiger partial charge < -0.3 is 9.64 Å². The maximum atomic E-state index is 12.0. The fourth-order valence-corrected chi connectivity index (χ4v) is 2.51. The number of likely N-dealkylation sites (tertiary alicyclic amines) is 1. The van der Waals surface area contributed by atoms with Crippen LogP contribution in [0.25, 0.3) is 0 Å². The first-order valence-corrected chi connectivity index (χ1v) is 10.9. The van der Waals surface area contributed by atoms with Crippen molar-refractivity contribution in [2.24, 2.45) is 5.92 Å². The van der Waals surface area contributed by atoms with Crippen LogP contribution in [0, 0.1) is 5.92 Å². The van der Waals surface area contributed by atoms with E-state index in [4.69, 9.17) is 4.74 Å².